The molecule has 1 aliphatic carbocycles. The number of anilines is 2. The summed E-state index contributed by atoms with van der Waals surface area (Å²) in [6.45, 7) is 5.06. The number of carbonyl (C=O) groups is 2. The summed E-state index contributed by atoms with van der Waals surface area (Å²) in [6.07, 6.45) is 6.39. The van der Waals surface area contributed by atoms with Crippen molar-refractivity contribution < 1.29 is 14.0 Å². The number of likely N-dealkylation sites (tertiary alicyclic amines) is 1. The summed E-state index contributed by atoms with van der Waals surface area (Å²) in [4.78, 5) is 39.3. The van der Waals surface area contributed by atoms with Crippen LogP contribution in [0.3, 0.4) is 0 Å². The molecule has 0 spiro atoms. The largest absolute Gasteiger partial charge is 0.349 e. The normalized spacial score (nSPS) is 18.9. The summed E-state index contributed by atoms with van der Waals surface area (Å²) in [5.41, 5.74) is 4.75. The van der Waals surface area contributed by atoms with Crippen molar-refractivity contribution in [2.75, 3.05) is 32.5 Å². The van der Waals surface area contributed by atoms with E-state index in [9.17, 15) is 14.0 Å². The molecule has 0 radical (unpaired) electrons. The first-order valence-corrected chi connectivity index (χ1v) is 17.6. The monoisotopic (exact) mass is 669 g/mol. The van der Waals surface area contributed by atoms with Crippen molar-refractivity contribution in [1.29, 1.82) is 0 Å². The van der Waals surface area contributed by atoms with E-state index in [0.717, 1.165) is 60.5 Å². The van der Waals surface area contributed by atoms with Crippen LogP contribution >= 0.6 is 11.3 Å². The van der Waals surface area contributed by atoms with E-state index in [1.807, 2.05) is 25.1 Å². The summed E-state index contributed by atoms with van der Waals surface area (Å²) >= 11 is 1.45. The molecule has 48 heavy (non-hydrogen) atoms. The van der Waals surface area contributed by atoms with E-state index >= 15 is 0 Å². The van der Waals surface area contributed by atoms with Gasteiger partial charge in [0.25, 0.3) is 11.8 Å². The summed E-state index contributed by atoms with van der Waals surface area (Å²) in [6, 6.07) is 18.4. The van der Waals surface area contributed by atoms with Crippen molar-refractivity contribution >= 4 is 34.7 Å². The lowest BCUT2D eigenvalue weighted by molar-refractivity contribution is 0.0889. The minimum atomic E-state index is -0.578. The predicted molar refractivity (Wildman–Crippen MR) is 189 cm³/mol. The van der Waals surface area contributed by atoms with Crippen LogP contribution in [0.1, 0.15) is 69.9 Å². The number of nitrogens with one attached hydrogen (secondary N) is 3. The average molecular weight is 670 g/mol. The lowest BCUT2D eigenvalue weighted by atomic mass is 9.91. The maximum Gasteiger partial charge on any atom is 0.270 e. The number of halogens is 1. The molecule has 2 aromatic heterocycles. The zero-order valence-corrected chi connectivity index (χ0v) is 28.7. The van der Waals surface area contributed by atoms with Gasteiger partial charge in [-0.2, -0.15) is 0 Å². The number of thiazole rings is 1. The van der Waals surface area contributed by atoms with Gasteiger partial charge in [0.2, 0.25) is 0 Å². The summed E-state index contributed by atoms with van der Waals surface area (Å²) < 4.78 is 14.3. The van der Waals surface area contributed by atoms with E-state index in [4.69, 9.17) is 0 Å². The van der Waals surface area contributed by atoms with Gasteiger partial charge in [-0.05, 0) is 108 Å². The molecule has 2 aliphatic rings. The molecule has 2 fully saturated rings. The van der Waals surface area contributed by atoms with Crippen LogP contribution in [0.4, 0.5) is 15.9 Å². The van der Waals surface area contributed by atoms with E-state index in [1.165, 1.54) is 35.8 Å². The van der Waals surface area contributed by atoms with Crippen LogP contribution in [0.25, 0.3) is 11.1 Å². The molecule has 0 unspecified atom stereocenters. The number of piperidine rings is 1. The molecule has 2 amide bonds. The standard InChI is InChI=1S/C37H44FN7O2S/c1-24-40-34(23-48-24)37(47)43-30-13-11-29(12-14-30)42-36(46)33-20-28(38)21-39-35(33)41-31-6-4-5-27(19-31)26-9-7-25(8-10-26)22-45-17-15-32(16-18-45)44(2)3/h4-10,19-21,23,29-30,32H,11-18,22H2,1-3H3,(H,39,41)(H,42,46)(H,43,47)/t29-,30+. The Morgan fingerprint density at radius 3 is 2.25 bits per heavy atom. The highest BCUT2D eigenvalue weighted by molar-refractivity contribution is 7.09. The van der Waals surface area contributed by atoms with Gasteiger partial charge in [0.05, 0.1) is 16.8 Å². The molecule has 4 aromatic rings. The maximum absolute atomic E-state index is 14.3. The van der Waals surface area contributed by atoms with Crippen LogP contribution < -0.4 is 16.0 Å². The molecule has 252 valence electrons. The van der Waals surface area contributed by atoms with E-state index < -0.39 is 5.82 Å². The minimum absolute atomic E-state index is 0.0232. The third-order valence-electron chi connectivity index (χ3n) is 9.45. The van der Waals surface area contributed by atoms with Crippen molar-refractivity contribution in [3.05, 3.63) is 93.8 Å². The molecule has 1 saturated carbocycles. The molecule has 2 aromatic carbocycles. The number of pyridine rings is 1. The van der Waals surface area contributed by atoms with Crippen LogP contribution in [0, 0.1) is 12.7 Å². The smallest absolute Gasteiger partial charge is 0.270 e. The number of hydrogen-bond donors (Lipinski definition) is 3. The van der Waals surface area contributed by atoms with E-state index in [1.54, 1.807) is 5.38 Å². The Balaban J connectivity index is 1.05. The second kappa shape index (κ2) is 15.4. The average Bonchev–Trinajstić information content (AvgIpc) is 3.53. The number of amides is 2. The molecule has 3 heterocycles. The van der Waals surface area contributed by atoms with E-state index in [-0.39, 0.29) is 29.5 Å². The zero-order valence-electron chi connectivity index (χ0n) is 27.8. The van der Waals surface area contributed by atoms with Crippen molar-refractivity contribution in [1.82, 2.24) is 30.4 Å². The molecular weight excluding hydrogens is 626 g/mol. The van der Waals surface area contributed by atoms with E-state index in [2.05, 4.69) is 80.1 Å². The molecule has 9 nitrogen and oxygen atoms in total. The van der Waals surface area contributed by atoms with Crippen LogP contribution in [-0.2, 0) is 6.54 Å². The van der Waals surface area contributed by atoms with Gasteiger partial charge in [0.1, 0.15) is 17.3 Å². The highest BCUT2D eigenvalue weighted by atomic mass is 32.1. The van der Waals surface area contributed by atoms with Crippen molar-refractivity contribution in [3.63, 3.8) is 0 Å². The Hall–Kier alpha value is -4.19. The van der Waals surface area contributed by atoms with Gasteiger partial charge in [-0.15, -0.1) is 11.3 Å². The molecule has 0 atom stereocenters. The number of hydrogen-bond acceptors (Lipinski definition) is 8. The number of benzene rings is 2. The lowest BCUT2D eigenvalue weighted by Crippen LogP contribution is -2.44. The van der Waals surface area contributed by atoms with Gasteiger partial charge in [-0.25, -0.2) is 14.4 Å². The van der Waals surface area contributed by atoms with Crippen LogP contribution in [0.2, 0.25) is 0 Å². The highest BCUT2D eigenvalue weighted by Crippen LogP contribution is 2.27. The quantitative estimate of drug-likeness (QED) is 0.180. The molecule has 0 bridgehead atoms. The fourth-order valence-electron chi connectivity index (χ4n) is 6.65. The third kappa shape index (κ3) is 8.63. The first-order chi connectivity index (χ1) is 23.2. The molecule has 6 rings (SSSR count). The molecule has 1 saturated heterocycles. The van der Waals surface area contributed by atoms with Crippen LogP contribution in [-0.4, -0.2) is 76.9 Å². The number of nitrogens with zero attached hydrogens (tertiary/aromatic N) is 4. The third-order valence-corrected chi connectivity index (χ3v) is 10.2. The number of rotatable bonds is 10. The minimum Gasteiger partial charge on any atom is -0.349 e. The van der Waals surface area contributed by atoms with Gasteiger partial charge in [0, 0.05) is 35.7 Å². The predicted octanol–water partition coefficient (Wildman–Crippen LogP) is 6.39. The Bertz CT molecular complexity index is 1710. The Kier molecular flexibility index (Phi) is 10.8. The first-order valence-electron chi connectivity index (χ1n) is 16.7. The Morgan fingerprint density at radius 1 is 0.917 bits per heavy atom. The van der Waals surface area contributed by atoms with E-state index in [0.29, 0.717) is 30.4 Å². The second-order valence-electron chi connectivity index (χ2n) is 13.2. The molecule has 3 N–H and O–H groups in total. The summed E-state index contributed by atoms with van der Waals surface area (Å²) in [5.74, 6) is -0.835. The number of aryl methyl sites for hydroxylation is 1. The Morgan fingerprint density at radius 2 is 1.60 bits per heavy atom. The van der Waals surface area contributed by atoms with Gasteiger partial charge >= 0.3 is 0 Å². The Labute approximate surface area is 286 Å². The fraction of sp³-hybridized carbons (Fsp3) is 0.405. The SMILES string of the molecule is Cc1nc(C(=O)N[C@H]2CC[C@@H](NC(=O)c3cc(F)cnc3Nc3cccc(-c4ccc(CN5CCC(N(C)C)CC5)cc4)c3)CC2)cs1. The topological polar surface area (TPSA) is 102 Å². The molecule has 11 heteroatoms. The van der Waals surface area contributed by atoms with Crippen molar-refractivity contribution in [2.45, 2.75) is 70.1 Å². The van der Waals surface area contributed by atoms with Gasteiger partial charge in [0.15, 0.2) is 0 Å². The maximum atomic E-state index is 14.3. The van der Waals surface area contributed by atoms with Gasteiger partial charge in [-0.1, -0.05) is 36.4 Å². The zero-order chi connectivity index (χ0) is 33.6. The van der Waals surface area contributed by atoms with Crippen molar-refractivity contribution in [2.24, 2.45) is 0 Å². The van der Waals surface area contributed by atoms with Gasteiger partial charge < -0.3 is 20.9 Å². The number of aromatic nitrogens is 2. The van der Waals surface area contributed by atoms with Gasteiger partial charge in [-0.3, -0.25) is 14.5 Å². The van der Waals surface area contributed by atoms with Crippen molar-refractivity contribution in [3.8, 4) is 11.1 Å². The molecular formula is C37H44FN7O2S. The fourth-order valence-corrected chi connectivity index (χ4v) is 7.25. The van der Waals surface area contributed by atoms with Crippen LogP contribution in [0.15, 0.2) is 66.2 Å². The second-order valence-corrected chi connectivity index (χ2v) is 14.2. The summed E-state index contributed by atoms with van der Waals surface area (Å²) in [5, 5.41) is 12.0. The highest BCUT2D eigenvalue weighted by Gasteiger charge is 2.26. The lowest BCUT2D eigenvalue weighted by Gasteiger charge is -2.35. The molecule has 1 aliphatic heterocycles. The van der Waals surface area contributed by atoms with Crippen LogP contribution in [0.5, 0.6) is 0 Å². The first kappa shape index (κ1) is 33.7. The summed E-state index contributed by atoms with van der Waals surface area (Å²) in [7, 11) is 4.33. The number of carbonyl (C=O) groups excluding carboxylic acids is 2.